The Bertz CT molecular complexity index is 1400. The second kappa shape index (κ2) is 8.91. The summed E-state index contributed by atoms with van der Waals surface area (Å²) in [5.74, 6) is 0. The zero-order valence-corrected chi connectivity index (χ0v) is 19.7. The zero-order chi connectivity index (χ0) is 23.9. The van der Waals surface area contributed by atoms with E-state index in [9.17, 15) is 9.90 Å². The molecule has 1 aliphatic heterocycles. The van der Waals surface area contributed by atoms with Crippen molar-refractivity contribution < 1.29 is 14.6 Å². The summed E-state index contributed by atoms with van der Waals surface area (Å²) in [5.41, 5.74) is 3.02. The van der Waals surface area contributed by atoms with Gasteiger partial charge < -0.3 is 14.6 Å². The lowest BCUT2D eigenvalue weighted by Crippen LogP contribution is -2.39. The molecule has 1 fully saturated rings. The first-order chi connectivity index (χ1) is 16.4. The van der Waals surface area contributed by atoms with Gasteiger partial charge in [-0.2, -0.15) is 0 Å². The topological polar surface area (TPSA) is 86.5 Å². The van der Waals surface area contributed by atoms with E-state index in [1.807, 2.05) is 50.4 Å². The number of aliphatic hydroxyl groups is 1. The Kier molecular flexibility index (Phi) is 5.93. The lowest BCUT2D eigenvalue weighted by atomic mass is 9.95. The van der Waals surface area contributed by atoms with Crippen LogP contribution in [0.2, 0.25) is 0 Å². The average Bonchev–Trinajstić information content (AvgIpc) is 2.86. The van der Waals surface area contributed by atoms with Crippen LogP contribution in [0.25, 0.3) is 21.7 Å². The van der Waals surface area contributed by atoms with E-state index >= 15 is 0 Å². The monoisotopic (exact) mass is 459 g/mol. The van der Waals surface area contributed by atoms with Gasteiger partial charge in [0.2, 0.25) is 0 Å². The second-order valence-electron chi connectivity index (χ2n) is 9.38. The number of pyridine rings is 1. The second-order valence-corrected chi connectivity index (χ2v) is 9.38. The van der Waals surface area contributed by atoms with Crippen LogP contribution in [0, 0.1) is 0 Å². The van der Waals surface area contributed by atoms with Crippen molar-refractivity contribution in [2.75, 3.05) is 20.3 Å². The molecule has 0 amide bonds. The fourth-order valence-corrected chi connectivity index (χ4v) is 4.68. The van der Waals surface area contributed by atoms with Gasteiger partial charge in [0.25, 0.3) is 5.56 Å². The molecule has 0 bridgehead atoms. The lowest BCUT2D eigenvalue weighted by molar-refractivity contribution is -0.0395. The lowest BCUT2D eigenvalue weighted by Gasteiger charge is -2.29. The van der Waals surface area contributed by atoms with E-state index in [2.05, 4.69) is 22.1 Å². The first kappa shape index (κ1) is 22.7. The molecule has 3 heterocycles. The molecule has 2 atom stereocenters. The van der Waals surface area contributed by atoms with Gasteiger partial charge >= 0.3 is 0 Å². The number of rotatable bonds is 5. The van der Waals surface area contributed by atoms with Crippen LogP contribution in [0.1, 0.15) is 43.1 Å². The molecule has 7 nitrogen and oxygen atoms in total. The Morgan fingerprint density at radius 1 is 1.15 bits per heavy atom. The van der Waals surface area contributed by atoms with Crippen LogP contribution in [0.15, 0.2) is 59.8 Å². The predicted molar refractivity (Wildman–Crippen MR) is 131 cm³/mol. The molecule has 4 aromatic rings. The maximum Gasteiger partial charge on any atom is 0.261 e. The molecule has 0 saturated carbocycles. The summed E-state index contributed by atoms with van der Waals surface area (Å²) in [6.07, 6.45) is 3.91. The van der Waals surface area contributed by atoms with Gasteiger partial charge in [-0.05, 0) is 55.3 Å². The fourth-order valence-electron chi connectivity index (χ4n) is 4.68. The molecule has 1 saturated heterocycles. The molecule has 7 heteroatoms. The van der Waals surface area contributed by atoms with Crippen LogP contribution in [0.3, 0.4) is 0 Å². The average molecular weight is 460 g/mol. The van der Waals surface area contributed by atoms with Gasteiger partial charge in [0, 0.05) is 25.3 Å². The maximum absolute atomic E-state index is 13.6. The number of hydrogen-bond donors (Lipinski definition) is 1. The van der Waals surface area contributed by atoms with E-state index in [1.165, 1.54) is 0 Å². The van der Waals surface area contributed by atoms with Gasteiger partial charge in [-0.15, -0.1) is 0 Å². The highest BCUT2D eigenvalue weighted by Crippen LogP contribution is 2.29. The van der Waals surface area contributed by atoms with E-state index < -0.39 is 11.7 Å². The third kappa shape index (κ3) is 4.00. The van der Waals surface area contributed by atoms with Crippen molar-refractivity contribution in [2.24, 2.45) is 0 Å². The SMILES string of the molecule is COC(C)(C)c1ccc(Cc2cc3c(=O)n([C@H]4CCOC[C@@H]4O)cnc3c3ccccc23)cn1. The summed E-state index contributed by atoms with van der Waals surface area (Å²) >= 11 is 0. The van der Waals surface area contributed by atoms with Crippen molar-refractivity contribution in [3.05, 3.63) is 82.2 Å². The minimum atomic E-state index is -0.730. The first-order valence-electron chi connectivity index (χ1n) is 11.6. The van der Waals surface area contributed by atoms with E-state index in [0.29, 0.717) is 30.4 Å². The quantitative estimate of drug-likeness (QED) is 0.458. The van der Waals surface area contributed by atoms with Crippen LogP contribution in [0.4, 0.5) is 0 Å². The summed E-state index contributed by atoms with van der Waals surface area (Å²) in [6.45, 7) is 4.71. The number of ether oxygens (including phenoxy) is 2. The van der Waals surface area contributed by atoms with Crippen LogP contribution in [0.5, 0.6) is 0 Å². The van der Waals surface area contributed by atoms with E-state index in [1.54, 1.807) is 18.0 Å². The van der Waals surface area contributed by atoms with Gasteiger partial charge in [-0.25, -0.2) is 4.98 Å². The molecule has 34 heavy (non-hydrogen) atoms. The highest BCUT2D eigenvalue weighted by Gasteiger charge is 2.27. The number of aromatic nitrogens is 3. The Labute approximate surface area is 198 Å². The molecular weight excluding hydrogens is 430 g/mol. The van der Waals surface area contributed by atoms with Gasteiger partial charge in [0.15, 0.2) is 0 Å². The standard InChI is InChI=1S/C27H29N3O4/c1-27(2,33-3)24-9-8-17(14-28-24)12-18-13-21-25(20-7-5-4-6-19(18)20)29-16-30(26(21)32)22-10-11-34-15-23(22)31/h4-9,13-14,16,22-23,31H,10-12,15H2,1-3H3/t22-,23-/m0/s1. The molecule has 1 aliphatic rings. The Hall–Kier alpha value is -3.13. The van der Waals surface area contributed by atoms with Crippen LogP contribution in [-0.4, -0.2) is 46.1 Å². The van der Waals surface area contributed by atoms with E-state index in [4.69, 9.17) is 9.47 Å². The number of benzene rings is 2. The van der Waals surface area contributed by atoms with Crippen LogP contribution in [-0.2, 0) is 21.5 Å². The molecular formula is C27H29N3O4. The van der Waals surface area contributed by atoms with Crippen molar-refractivity contribution in [3.8, 4) is 0 Å². The largest absolute Gasteiger partial charge is 0.389 e. The Morgan fingerprint density at radius 3 is 2.65 bits per heavy atom. The van der Waals surface area contributed by atoms with Crippen molar-refractivity contribution in [2.45, 2.75) is 44.4 Å². The fraction of sp³-hybridized carbons (Fsp3) is 0.370. The summed E-state index contributed by atoms with van der Waals surface area (Å²) in [7, 11) is 1.68. The highest BCUT2D eigenvalue weighted by molar-refractivity contribution is 6.06. The first-order valence-corrected chi connectivity index (χ1v) is 11.6. The van der Waals surface area contributed by atoms with Gasteiger partial charge in [-0.3, -0.25) is 14.3 Å². The molecule has 176 valence electrons. The minimum absolute atomic E-state index is 0.140. The molecule has 0 unspecified atom stereocenters. The predicted octanol–water partition coefficient (Wildman–Crippen LogP) is 3.74. The smallest absolute Gasteiger partial charge is 0.261 e. The molecule has 2 aromatic heterocycles. The van der Waals surface area contributed by atoms with Gasteiger partial charge in [0.05, 0.1) is 41.7 Å². The summed E-state index contributed by atoms with van der Waals surface area (Å²) < 4.78 is 12.4. The van der Waals surface area contributed by atoms with E-state index in [0.717, 1.165) is 27.6 Å². The Morgan fingerprint density at radius 2 is 1.94 bits per heavy atom. The molecule has 0 radical (unpaired) electrons. The van der Waals surface area contributed by atoms with Crippen LogP contribution >= 0.6 is 0 Å². The van der Waals surface area contributed by atoms with E-state index in [-0.39, 0.29) is 18.2 Å². The number of hydrogen-bond acceptors (Lipinski definition) is 6. The highest BCUT2D eigenvalue weighted by atomic mass is 16.5. The van der Waals surface area contributed by atoms with Crippen molar-refractivity contribution in [3.63, 3.8) is 0 Å². The van der Waals surface area contributed by atoms with Crippen molar-refractivity contribution in [1.29, 1.82) is 0 Å². The minimum Gasteiger partial charge on any atom is -0.389 e. The van der Waals surface area contributed by atoms with Gasteiger partial charge in [-0.1, -0.05) is 30.3 Å². The third-order valence-electron chi connectivity index (χ3n) is 6.87. The molecule has 5 rings (SSSR count). The Balaban J connectivity index is 1.61. The third-order valence-corrected chi connectivity index (χ3v) is 6.87. The molecule has 2 aromatic carbocycles. The van der Waals surface area contributed by atoms with Gasteiger partial charge in [0.1, 0.15) is 5.60 Å². The summed E-state index contributed by atoms with van der Waals surface area (Å²) in [5, 5.41) is 13.0. The number of fused-ring (bicyclic) bond motifs is 3. The number of aliphatic hydroxyl groups excluding tert-OH is 1. The maximum atomic E-state index is 13.6. The molecule has 1 N–H and O–H groups in total. The zero-order valence-electron chi connectivity index (χ0n) is 19.7. The number of nitrogens with zero attached hydrogens (tertiary/aromatic N) is 3. The number of methoxy groups -OCH3 is 1. The van der Waals surface area contributed by atoms with Crippen molar-refractivity contribution >= 4 is 21.7 Å². The van der Waals surface area contributed by atoms with Crippen molar-refractivity contribution in [1.82, 2.24) is 14.5 Å². The molecule has 0 aliphatic carbocycles. The van der Waals surface area contributed by atoms with Crippen LogP contribution < -0.4 is 5.56 Å². The molecule has 0 spiro atoms. The summed E-state index contributed by atoms with van der Waals surface area (Å²) in [4.78, 5) is 22.8. The normalized spacial score (nSPS) is 19.1. The summed E-state index contributed by atoms with van der Waals surface area (Å²) in [6, 6.07) is 13.7.